The van der Waals surface area contributed by atoms with E-state index >= 15 is 0 Å². The summed E-state index contributed by atoms with van der Waals surface area (Å²) in [5, 5.41) is 5.51. The van der Waals surface area contributed by atoms with Crippen molar-refractivity contribution in [1.82, 2.24) is 15.5 Å². The second kappa shape index (κ2) is 15.8. The van der Waals surface area contributed by atoms with Gasteiger partial charge in [0.1, 0.15) is 0 Å². The molecule has 3 amide bonds. The van der Waals surface area contributed by atoms with Gasteiger partial charge in [0.2, 0.25) is 11.8 Å². The number of nitrogens with one attached hydrogen (secondary N) is 2. The highest BCUT2D eigenvalue weighted by molar-refractivity contribution is 6.01. The normalized spacial score (nSPS) is 11.2. The SMILES string of the molecule is COC(=O)C(c1ccccc1)N(Cc1cccc(-c2ccccc2C(=O)NCCN)c1)C(=O)CNC(=O)Cc1ccccc1. The summed E-state index contributed by atoms with van der Waals surface area (Å²) in [4.78, 5) is 53.9. The Morgan fingerprint density at radius 3 is 2.16 bits per heavy atom. The van der Waals surface area contributed by atoms with Crippen LogP contribution in [-0.2, 0) is 32.1 Å². The molecule has 4 aromatic carbocycles. The Kier molecular flexibility index (Phi) is 11.4. The molecule has 0 saturated carbocycles. The van der Waals surface area contributed by atoms with E-state index in [4.69, 9.17) is 10.5 Å². The van der Waals surface area contributed by atoms with E-state index in [1.54, 1.807) is 36.4 Å². The van der Waals surface area contributed by atoms with E-state index in [2.05, 4.69) is 10.6 Å². The minimum Gasteiger partial charge on any atom is -0.467 e. The van der Waals surface area contributed by atoms with Crippen molar-refractivity contribution in [2.75, 3.05) is 26.7 Å². The highest BCUT2D eigenvalue weighted by Gasteiger charge is 2.32. The van der Waals surface area contributed by atoms with Crippen LogP contribution in [0.4, 0.5) is 0 Å². The Balaban J connectivity index is 1.64. The van der Waals surface area contributed by atoms with Gasteiger partial charge in [0.25, 0.3) is 5.91 Å². The second-order valence-electron chi connectivity index (χ2n) is 10.1. The average Bonchev–Trinajstić information content (AvgIpc) is 3.06. The first-order chi connectivity index (χ1) is 21.4. The largest absolute Gasteiger partial charge is 0.467 e. The van der Waals surface area contributed by atoms with E-state index in [0.29, 0.717) is 35.3 Å². The van der Waals surface area contributed by atoms with Crippen LogP contribution < -0.4 is 16.4 Å². The summed E-state index contributed by atoms with van der Waals surface area (Å²) in [6.45, 7) is 0.399. The van der Waals surface area contributed by atoms with E-state index in [1.165, 1.54) is 12.0 Å². The molecule has 0 heterocycles. The lowest BCUT2D eigenvalue weighted by molar-refractivity contribution is -0.153. The Hall–Kier alpha value is -5.28. The highest BCUT2D eigenvalue weighted by Crippen LogP contribution is 2.28. The number of ether oxygens (including phenoxy) is 1. The smallest absolute Gasteiger partial charge is 0.333 e. The average molecular weight is 593 g/mol. The minimum absolute atomic E-state index is 0.0391. The van der Waals surface area contributed by atoms with Crippen LogP contribution in [0.1, 0.15) is 33.1 Å². The first kappa shape index (κ1) is 31.7. The number of rotatable bonds is 13. The molecule has 226 valence electrons. The molecule has 0 aromatic heterocycles. The fourth-order valence-corrected chi connectivity index (χ4v) is 4.88. The van der Waals surface area contributed by atoms with Crippen LogP contribution in [0.5, 0.6) is 0 Å². The van der Waals surface area contributed by atoms with E-state index in [0.717, 1.165) is 11.1 Å². The number of nitrogens with two attached hydrogens (primary N) is 1. The Morgan fingerprint density at radius 1 is 0.795 bits per heavy atom. The third-order valence-corrected chi connectivity index (χ3v) is 7.01. The summed E-state index contributed by atoms with van der Waals surface area (Å²) in [7, 11) is 1.27. The molecule has 0 aliphatic heterocycles. The van der Waals surface area contributed by atoms with Gasteiger partial charge in [-0.05, 0) is 39.9 Å². The first-order valence-electron chi connectivity index (χ1n) is 14.3. The Morgan fingerprint density at radius 2 is 1.45 bits per heavy atom. The van der Waals surface area contributed by atoms with Crippen molar-refractivity contribution in [2.24, 2.45) is 5.73 Å². The van der Waals surface area contributed by atoms with Gasteiger partial charge in [0.05, 0.1) is 20.1 Å². The predicted molar refractivity (Wildman–Crippen MR) is 168 cm³/mol. The molecule has 0 aliphatic rings. The zero-order valence-corrected chi connectivity index (χ0v) is 24.6. The molecule has 0 fully saturated rings. The van der Waals surface area contributed by atoms with Crippen LogP contribution in [0.3, 0.4) is 0 Å². The standard InChI is InChI=1S/C35H36N4O5/c1-44-35(43)33(27-14-6-3-7-15-27)39(32(41)23-38-31(40)22-25-11-4-2-5-12-25)24-26-13-10-16-28(21-26)29-17-8-9-18-30(29)34(42)37-20-19-36/h2-18,21,33H,19-20,22-24,36H2,1H3,(H,37,42)(H,38,40). The lowest BCUT2D eigenvalue weighted by Gasteiger charge is -2.31. The number of hydrogen-bond acceptors (Lipinski definition) is 6. The minimum atomic E-state index is -1.06. The molecular weight excluding hydrogens is 556 g/mol. The number of hydrogen-bond donors (Lipinski definition) is 3. The lowest BCUT2D eigenvalue weighted by atomic mass is 9.97. The van der Waals surface area contributed by atoms with Crippen molar-refractivity contribution in [3.05, 3.63) is 131 Å². The number of benzene rings is 4. The topological polar surface area (TPSA) is 131 Å². The van der Waals surface area contributed by atoms with Crippen LogP contribution in [0.15, 0.2) is 109 Å². The molecule has 0 saturated heterocycles. The first-order valence-corrected chi connectivity index (χ1v) is 14.3. The zero-order chi connectivity index (χ0) is 31.3. The lowest BCUT2D eigenvalue weighted by Crippen LogP contribution is -2.44. The summed E-state index contributed by atoms with van der Waals surface area (Å²) < 4.78 is 5.13. The van der Waals surface area contributed by atoms with Crippen LogP contribution >= 0.6 is 0 Å². The molecule has 1 atom stereocenters. The molecule has 44 heavy (non-hydrogen) atoms. The molecular formula is C35H36N4O5. The van der Waals surface area contributed by atoms with Gasteiger partial charge in [-0.1, -0.05) is 97.1 Å². The summed E-state index contributed by atoms with van der Waals surface area (Å²) in [5.74, 6) is -1.63. The molecule has 1 unspecified atom stereocenters. The van der Waals surface area contributed by atoms with Gasteiger partial charge in [-0.15, -0.1) is 0 Å². The fraction of sp³-hybridized carbons (Fsp3) is 0.200. The number of nitrogens with zero attached hydrogens (tertiary/aromatic N) is 1. The van der Waals surface area contributed by atoms with Crippen LogP contribution in [0, 0.1) is 0 Å². The number of carbonyl (C=O) groups excluding carboxylic acids is 4. The van der Waals surface area contributed by atoms with Crippen LogP contribution in [0.2, 0.25) is 0 Å². The van der Waals surface area contributed by atoms with Crippen molar-refractivity contribution >= 4 is 23.7 Å². The Bertz CT molecular complexity index is 1580. The molecule has 4 N–H and O–H groups in total. The second-order valence-corrected chi connectivity index (χ2v) is 10.1. The van der Waals surface area contributed by atoms with E-state index in [1.807, 2.05) is 72.8 Å². The van der Waals surface area contributed by atoms with Gasteiger partial charge in [0, 0.05) is 25.2 Å². The Labute approximate surface area is 257 Å². The van der Waals surface area contributed by atoms with Gasteiger partial charge < -0.3 is 26.0 Å². The van der Waals surface area contributed by atoms with Crippen molar-refractivity contribution in [1.29, 1.82) is 0 Å². The molecule has 0 bridgehead atoms. The van der Waals surface area contributed by atoms with Gasteiger partial charge in [-0.2, -0.15) is 0 Å². The molecule has 4 rings (SSSR count). The summed E-state index contributed by atoms with van der Waals surface area (Å²) in [5.41, 5.74) is 9.63. The summed E-state index contributed by atoms with van der Waals surface area (Å²) >= 11 is 0. The third kappa shape index (κ3) is 8.39. The van der Waals surface area contributed by atoms with Gasteiger partial charge >= 0.3 is 5.97 Å². The highest BCUT2D eigenvalue weighted by atomic mass is 16.5. The number of carbonyl (C=O) groups is 4. The maximum atomic E-state index is 13.8. The van der Waals surface area contributed by atoms with Crippen LogP contribution in [-0.4, -0.2) is 55.3 Å². The molecule has 0 radical (unpaired) electrons. The zero-order valence-electron chi connectivity index (χ0n) is 24.6. The van der Waals surface area contributed by atoms with E-state index in [-0.39, 0.29) is 31.3 Å². The molecule has 9 nitrogen and oxygen atoms in total. The fourth-order valence-electron chi connectivity index (χ4n) is 4.88. The third-order valence-electron chi connectivity index (χ3n) is 7.01. The van der Waals surface area contributed by atoms with Crippen LogP contribution in [0.25, 0.3) is 11.1 Å². The van der Waals surface area contributed by atoms with Gasteiger partial charge in [0.15, 0.2) is 6.04 Å². The van der Waals surface area contributed by atoms with Gasteiger partial charge in [-0.3, -0.25) is 14.4 Å². The monoisotopic (exact) mass is 592 g/mol. The quantitative estimate of drug-likeness (QED) is 0.203. The predicted octanol–water partition coefficient (Wildman–Crippen LogP) is 3.64. The van der Waals surface area contributed by atoms with Gasteiger partial charge in [-0.25, -0.2) is 4.79 Å². The summed E-state index contributed by atoms with van der Waals surface area (Å²) in [6.07, 6.45) is 0.119. The van der Waals surface area contributed by atoms with Crippen molar-refractivity contribution < 1.29 is 23.9 Å². The van der Waals surface area contributed by atoms with Crippen molar-refractivity contribution in [3.8, 4) is 11.1 Å². The number of methoxy groups -OCH3 is 1. The van der Waals surface area contributed by atoms with Crippen molar-refractivity contribution in [3.63, 3.8) is 0 Å². The molecule has 0 spiro atoms. The number of amides is 3. The molecule has 4 aromatic rings. The maximum Gasteiger partial charge on any atom is 0.333 e. The van der Waals surface area contributed by atoms with Crippen molar-refractivity contribution in [2.45, 2.75) is 19.0 Å². The molecule has 9 heteroatoms. The summed E-state index contributed by atoms with van der Waals surface area (Å²) in [6, 6.07) is 31.7. The molecule has 0 aliphatic carbocycles. The number of esters is 1. The van der Waals surface area contributed by atoms with E-state index in [9.17, 15) is 19.2 Å². The maximum absolute atomic E-state index is 13.8. The van der Waals surface area contributed by atoms with E-state index < -0.39 is 17.9 Å².